The van der Waals surface area contributed by atoms with Crippen LogP contribution in [0.25, 0.3) is 0 Å². The summed E-state index contributed by atoms with van der Waals surface area (Å²) < 4.78 is 0. The van der Waals surface area contributed by atoms with Crippen molar-refractivity contribution in [1.82, 2.24) is 5.32 Å². The standard InChI is InChI=1S/C16H21NO/c1-10(2)9-17-16(18)15-13-8-7-11-5-3-4-6-12(11)14(13)15/h3-6,10,13-15H,7-9H2,1-2H3,(H,17,18). The van der Waals surface area contributed by atoms with Crippen LogP contribution in [-0.2, 0) is 11.2 Å². The van der Waals surface area contributed by atoms with Gasteiger partial charge in [-0.25, -0.2) is 0 Å². The molecule has 2 heteroatoms. The maximum absolute atomic E-state index is 12.2. The summed E-state index contributed by atoms with van der Waals surface area (Å²) in [4.78, 5) is 12.2. The molecule has 3 rings (SSSR count). The Balaban J connectivity index is 1.71. The van der Waals surface area contributed by atoms with Crippen LogP contribution in [0.4, 0.5) is 0 Å². The van der Waals surface area contributed by atoms with E-state index < -0.39 is 0 Å². The minimum Gasteiger partial charge on any atom is -0.356 e. The first kappa shape index (κ1) is 11.8. The van der Waals surface area contributed by atoms with Gasteiger partial charge in [0.25, 0.3) is 0 Å². The third-order valence-corrected chi connectivity index (χ3v) is 4.32. The van der Waals surface area contributed by atoms with Crippen LogP contribution in [0.1, 0.15) is 37.3 Å². The molecule has 1 saturated carbocycles. The van der Waals surface area contributed by atoms with Gasteiger partial charge in [-0.2, -0.15) is 0 Å². The Kier molecular flexibility index (Phi) is 2.89. The second-order valence-corrected chi connectivity index (χ2v) is 6.09. The lowest BCUT2D eigenvalue weighted by Gasteiger charge is -2.13. The third kappa shape index (κ3) is 1.94. The van der Waals surface area contributed by atoms with Crippen molar-refractivity contribution in [1.29, 1.82) is 0 Å². The Morgan fingerprint density at radius 3 is 2.94 bits per heavy atom. The van der Waals surface area contributed by atoms with E-state index in [2.05, 4.69) is 43.4 Å². The van der Waals surface area contributed by atoms with Crippen LogP contribution >= 0.6 is 0 Å². The monoisotopic (exact) mass is 243 g/mol. The molecule has 18 heavy (non-hydrogen) atoms. The second-order valence-electron chi connectivity index (χ2n) is 6.09. The molecule has 0 heterocycles. The van der Waals surface area contributed by atoms with Gasteiger partial charge in [0.05, 0.1) is 0 Å². The predicted octanol–water partition coefficient (Wildman–Crippen LogP) is 2.73. The van der Waals surface area contributed by atoms with Crippen LogP contribution in [0.2, 0.25) is 0 Å². The van der Waals surface area contributed by atoms with E-state index in [9.17, 15) is 4.79 Å². The van der Waals surface area contributed by atoms with Crippen LogP contribution in [0.15, 0.2) is 24.3 Å². The van der Waals surface area contributed by atoms with Crippen LogP contribution < -0.4 is 5.32 Å². The van der Waals surface area contributed by atoms with Crippen molar-refractivity contribution >= 4 is 5.91 Å². The molecule has 2 nitrogen and oxygen atoms in total. The van der Waals surface area contributed by atoms with Gasteiger partial charge in [0.2, 0.25) is 5.91 Å². The number of rotatable bonds is 3. The summed E-state index contributed by atoms with van der Waals surface area (Å²) in [5, 5.41) is 3.09. The molecule has 96 valence electrons. The number of fused-ring (bicyclic) bond motifs is 3. The number of benzene rings is 1. The van der Waals surface area contributed by atoms with Gasteiger partial charge < -0.3 is 5.32 Å². The maximum Gasteiger partial charge on any atom is 0.224 e. The zero-order valence-electron chi connectivity index (χ0n) is 11.1. The molecule has 1 fully saturated rings. The quantitative estimate of drug-likeness (QED) is 0.869. The van der Waals surface area contributed by atoms with Gasteiger partial charge >= 0.3 is 0 Å². The summed E-state index contributed by atoms with van der Waals surface area (Å²) in [5.74, 6) is 2.15. The van der Waals surface area contributed by atoms with E-state index in [0.717, 1.165) is 13.0 Å². The lowest BCUT2D eigenvalue weighted by molar-refractivity contribution is -0.122. The van der Waals surface area contributed by atoms with Crippen molar-refractivity contribution in [3.63, 3.8) is 0 Å². The summed E-state index contributed by atoms with van der Waals surface area (Å²) in [6, 6.07) is 8.63. The second kappa shape index (κ2) is 4.42. The average Bonchev–Trinajstić information content (AvgIpc) is 3.10. The predicted molar refractivity (Wildman–Crippen MR) is 72.3 cm³/mol. The highest BCUT2D eigenvalue weighted by Gasteiger charge is 2.56. The van der Waals surface area contributed by atoms with Crippen molar-refractivity contribution in [2.75, 3.05) is 6.54 Å². The topological polar surface area (TPSA) is 29.1 Å². The van der Waals surface area contributed by atoms with Gasteiger partial charge in [-0.05, 0) is 41.7 Å². The molecule has 3 atom stereocenters. The number of amides is 1. The SMILES string of the molecule is CC(C)CNC(=O)C1C2CCc3ccccc3C21. The van der Waals surface area contributed by atoms with E-state index in [1.807, 2.05) is 0 Å². The number of hydrogen-bond donors (Lipinski definition) is 1. The molecule has 0 saturated heterocycles. The zero-order chi connectivity index (χ0) is 12.7. The number of nitrogens with one attached hydrogen (secondary N) is 1. The summed E-state index contributed by atoms with van der Waals surface area (Å²) in [5.41, 5.74) is 2.89. The summed E-state index contributed by atoms with van der Waals surface area (Å²) in [6.07, 6.45) is 2.33. The van der Waals surface area contributed by atoms with Gasteiger partial charge in [0.15, 0.2) is 0 Å². The normalized spacial score (nSPS) is 28.5. The van der Waals surface area contributed by atoms with Crippen molar-refractivity contribution < 1.29 is 4.79 Å². The van der Waals surface area contributed by atoms with Crippen LogP contribution in [0, 0.1) is 17.8 Å². The van der Waals surface area contributed by atoms with Crippen molar-refractivity contribution in [3.8, 4) is 0 Å². The molecule has 2 aliphatic carbocycles. The van der Waals surface area contributed by atoms with Gasteiger partial charge in [-0.3, -0.25) is 4.79 Å². The molecule has 1 N–H and O–H groups in total. The fourth-order valence-corrected chi connectivity index (χ4v) is 3.35. The van der Waals surface area contributed by atoms with Gasteiger partial charge in [-0.1, -0.05) is 38.1 Å². The molecule has 3 unspecified atom stereocenters. The lowest BCUT2D eigenvalue weighted by Crippen LogP contribution is -2.29. The molecular formula is C16H21NO. The first-order valence-electron chi connectivity index (χ1n) is 7.04. The molecule has 1 aromatic rings. The highest BCUT2D eigenvalue weighted by Crippen LogP contribution is 2.59. The van der Waals surface area contributed by atoms with Gasteiger partial charge in [0.1, 0.15) is 0 Å². The Bertz CT molecular complexity index is 466. The van der Waals surface area contributed by atoms with E-state index in [1.165, 1.54) is 17.5 Å². The Labute approximate surface area is 109 Å². The molecule has 2 aliphatic rings. The molecular weight excluding hydrogens is 222 g/mol. The Hall–Kier alpha value is -1.31. The smallest absolute Gasteiger partial charge is 0.224 e. The Morgan fingerprint density at radius 1 is 1.39 bits per heavy atom. The number of carbonyl (C=O) groups excluding carboxylic acids is 1. The third-order valence-electron chi connectivity index (χ3n) is 4.32. The minimum absolute atomic E-state index is 0.243. The average molecular weight is 243 g/mol. The van der Waals surface area contributed by atoms with Gasteiger partial charge in [-0.15, -0.1) is 0 Å². The van der Waals surface area contributed by atoms with Crippen molar-refractivity contribution in [2.24, 2.45) is 17.8 Å². The highest BCUT2D eigenvalue weighted by atomic mass is 16.2. The number of carbonyl (C=O) groups is 1. The summed E-state index contributed by atoms with van der Waals surface area (Å²) in [7, 11) is 0. The van der Waals surface area contributed by atoms with Gasteiger partial charge in [0, 0.05) is 12.5 Å². The summed E-state index contributed by atoms with van der Waals surface area (Å²) >= 11 is 0. The maximum atomic E-state index is 12.2. The van der Waals surface area contributed by atoms with E-state index in [-0.39, 0.29) is 11.8 Å². The highest BCUT2D eigenvalue weighted by molar-refractivity contribution is 5.84. The number of aryl methyl sites for hydroxylation is 1. The number of hydrogen-bond acceptors (Lipinski definition) is 1. The Morgan fingerprint density at radius 2 is 2.17 bits per heavy atom. The summed E-state index contributed by atoms with van der Waals surface area (Å²) in [6.45, 7) is 5.07. The van der Waals surface area contributed by atoms with Crippen LogP contribution in [0.5, 0.6) is 0 Å². The molecule has 1 aromatic carbocycles. The van der Waals surface area contributed by atoms with E-state index in [0.29, 0.717) is 17.8 Å². The minimum atomic E-state index is 0.243. The van der Waals surface area contributed by atoms with E-state index >= 15 is 0 Å². The van der Waals surface area contributed by atoms with E-state index in [4.69, 9.17) is 0 Å². The van der Waals surface area contributed by atoms with Crippen LogP contribution in [-0.4, -0.2) is 12.5 Å². The first-order valence-corrected chi connectivity index (χ1v) is 7.04. The molecule has 0 radical (unpaired) electrons. The largest absolute Gasteiger partial charge is 0.356 e. The molecule has 0 aromatic heterocycles. The molecule has 0 aliphatic heterocycles. The molecule has 0 spiro atoms. The van der Waals surface area contributed by atoms with Crippen LogP contribution in [0.3, 0.4) is 0 Å². The van der Waals surface area contributed by atoms with Crippen molar-refractivity contribution in [3.05, 3.63) is 35.4 Å². The first-order chi connectivity index (χ1) is 8.68. The lowest BCUT2D eigenvalue weighted by atomic mass is 9.92. The fourth-order valence-electron chi connectivity index (χ4n) is 3.35. The van der Waals surface area contributed by atoms with E-state index in [1.54, 1.807) is 0 Å². The fraction of sp³-hybridized carbons (Fsp3) is 0.562. The molecule has 1 amide bonds. The molecule has 0 bridgehead atoms. The zero-order valence-corrected chi connectivity index (χ0v) is 11.1. The van der Waals surface area contributed by atoms with Crippen molar-refractivity contribution in [2.45, 2.75) is 32.6 Å².